The van der Waals surface area contributed by atoms with Gasteiger partial charge in [-0.1, -0.05) is 33.4 Å². The highest BCUT2D eigenvalue weighted by Crippen LogP contribution is 2.40. The van der Waals surface area contributed by atoms with Gasteiger partial charge in [-0.05, 0) is 48.5 Å². The molecule has 0 amide bonds. The smallest absolute Gasteiger partial charge is 0.192 e. The number of rotatable bonds is 3. The van der Waals surface area contributed by atoms with Crippen LogP contribution in [0.2, 0.25) is 18.1 Å². The fourth-order valence-corrected chi connectivity index (χ4v) is 3.44. The van der Waals surface area contributed by atoms with Crippen molar-refractivity contribution in [1.29, 1.82) is 0 Å². The number of allylic oxidation sites excluding steroid dienone is 1. The maximum absolute atomic E-state index is 8.95. The Bertz CT molecular complexity index is 337. The SMILES string of the molecule is C=C1C[C@H](O[Si](C)(C)C(C)(C)C)CC/C1=C/CO. The maximum atomic E-state index is 8.95. The lowest BCUT2D eigenvalue weighted by Gasteiger charge is -2.41. The Hall–Kier alpha value is -0.383. The molecule has 1 atom stereocenters. The van der Waals surface area contributed by atoms with E-state index in [2.05, 4.69) is 40.4 Å². The molecular formula is C15H28O2Si. The summed E-state index contributed by atoms with van der Waals surface area (Å²) in [6.07, 6.45) is 5.15. The largest absolute Gasteiger partial charge is 0.414 e. The molecule has 1 aliphatic carbocycles. The normalized spacial score (nSPS) is 24.7. The van der Waals surface area contributed by atoms with Crippen LogP contribution in [0.3, 0.4) is 0 Å². The Kier molecular flexibility index (Phi) is 4.98. The first kappa shape index (κ1) is 15.7. The van der Waals surface area contributed by atoms with Crippen LogP contribution in [0.4, 0.5) is 0 Å². The van der Waals surface area contributed by atoms with Crippen LogP contribution in [0.25, 0.3) is 0 Å². The molecule has 0 aromatic heterocycles. The first-order valence-electron chi connectivity index (χ1n) is 6.83. The minimum Gasteiger partial charge on any atom is -0.414 e. The first-order chi connectivity index (χ1) is 8.17. The average Bonchev–Trinajstić information content (AvgIpc) is 2.20. The molecule has 1 N–H and O–H groups in total. The summed E-state index contributed by atoms with van der Waals surface area (Å²) in [4.78, 5) is 0. The van der Waals surface area contributed by atoms with Crippen molar-refractivity contribution in [2.24, 2.45) is 0 Å². The van der Waals surface area contributed by atoms with E-state index in [4.69, 9.17) is 9.53 Å². The fourth-order valence-electron chi connectivity index (χ4n) is 2.05. The highest BCUT2D eigenvalue weighted by Gasteiger charge is 2.39. The molecule has 0 radical (unpaired) electrons. The first-order valence-corrected chi connectivity index (χ1v) is 9.74. The van der Waals surface area contributed by atoms with Crippen LogP contribution in [0, 0.1) is 0 Å². The number of aliphatic hydroxyl groups excluding tert-OH is 1. The van der Waals surface area contributed by atoms with Gasteiger partial charge in [0.1, 0.15) is 0 Å². The number of hydrogen-bond donors (Lipinski definition) is 1. The monoisotopic (exact) mass is 268 g/mol. The van der Waals surface area contributed by atoms with Crippen LogP contribution in [-0.4, -0.2) is 26.1 Å². The van der Waals surface area contributed by atoms with Gasteiger partial charge in [0.25, 0.3) is 0 Å². The van der Waals surface area contributed by atoms with E-state index in [9.17, 15) is 0 Å². The topological polar surface area (TPSA) is 29.5 Å². The van der Waals surface area contributed by atoms with Crippen LogP contribution >= 0.6 is 0 Å². The zero-order valence-electron chi connectivity index (χ0n) is 12.5. The Morgan fingerprint density at radius 2 is 2.06 bits per heavy atom. The van der Waals surface area contributed by atoms with Crippen molar-refractivity contribution in [3.05, 3.63) is 23.8 Å². The summed E-state index contributed by atoms with van der Waals surface area (Å²) in [7, 11) is -1.67. The fraction of sp³-hybridized carbons (Fsp3) is 0.733. The summed E-state index contributed by atoms with van der Waals surface area (Å²) in [5.74, 6) is 0. The van der Waals surface area contributed by atoms with Crippen LogP contribution in [0.1, 0.15) is 40.0 Å². The summed E-state index contributed by atoms with van der Waals surface area (Å²) in [6.45, 7) is 15.6. The van der Waals surface area contributed by atoms with Gasteiger partial charge in [-0.15, -0.1) is 0 Å². The summed E-state index contributed by atoms with van der Waals surface area (Å²) in [5, 5.41) is 9.21. The number of aliphatic hydroxyl groups is 1. The van der Waals surface area contributed by atoms with Gasteiger partial charge in [0, 0.05) is 6.10 Å². The molecule has 1 fully saturated rings. The lowest BCUT2D eigenvalue weighted by molar-refractivity contribution is 0.164. The van der Waals surface area contributed by atoms with Gasteiger partial charge >= 0.3 is 0 Å². The van der Waals surface area contributed by atoms with Gasteiger partial charge in [0.2, 0.25) is 0 Å². The molecule has 0 unspecified atom stereocenters. The zero-order valence-corrected chi connectivity index (χ0v) is 13.5. The molecule has 18 heavy (non-hydrogen) atoms. The molecule has 3 heteroatoms. The van der Waals surface area contributed by atoms with E-state index in [-0.39, 0.29) is 11.6 Å². The predicted molar refractivity (Wildman–Crippen MR) is 80.2 cm³/mol. The third-order valence-corrected chi connectivity index (χ3v) is 8.80. The van der Waals surface area contributed by atoms with E-state index in [1.165, 1.54) is 5.57 Å². The van der Waals surface area contributed by atoms with Crippen LogP contribution in [0.15, 0.2) is 23.8 Å². The lowest BCUT2D eigenvalue weighted by Crippen LogP contribution is -2.44. The molecular weight excluding hydrogens is 240 g/mol. The minimum absolute atomic E-state index is 0.113. The van der Waals surface area contributed by atoms with Gasteiger partial charge in [0.05, 0.1) is 6.61 Å². The van der Waals surface area contributed by atoms with E-state index in [0.717, 1.165) is 24.8 Å². The van der Waals surface area contributed by atoms with Crippen molar-refractivity contribution >= 4 is 8.32 Å². The van der Waals surface area contributed by atoms with Gasteiger partial charge in [-0.3, -0.25) is 0 Å². The average molecular weight is 268 g/mol. The molecule has 1 aliphatic rings. The van der Waals surface area contributed by atoms with Gasteiger partial charge < -0.3 is 9.53 Å². The molecule has 104 valence electrons. The molecule has 0 aliphatic heterocycles. The summed E-state index contributed by atoms with van der Waals surface area (Å²) in [5.41, 5.74) is 2.35. The Labute approximate surface area is 113 Å². The summed E-state index contributed by atoms with van der Waals surface area (Å²) >= 11 is 0. The van der Waals surface area contributed by atoms with E-state index in [1.807, 2.05) is 6.08 Å². The molecule has 0 aromatic carbocycles. The van der Waals surface area contributed by atoms with Crippen LogP contribution in [-0.2, 0) is 4.43 Å². The quantitative estimate of drug-likeness (QED) is 0.783. The zero-order chi connectivity index (χ0) is 14.0. The second-order valence-corrected chi connectivity index (χ2v) is 11.5. The maximum Gasteiger partial charge on any atom is 0.192 e. The molecule has 0 bridgehead atoms. The minimum atomic E-state index is -1.67. The van der Waals surface area contributed by atoms with Crippen molar-refractivity contribution in [2.45, 2.75) is 64.3 Å². The van der Waals surface area contributed by atoms with Crippen LogP contribution < -0.4 is 0 Å². The molecule has 0 saturated heterocycles. The Balaban J connectivity index is 2.63. The Morgan fingerprint density at radius 1 is 1.44 bits per heavy atom. The van der Waals surface area contributed by atoms with E-state index < -0.39 is 8.32 Å². The van der Waals surface area contributed by atoms with Crippen LogP contribution in [0.5, 0.6) is 0 Å². The standard InChI is InChI=1S/C15H28O2Si/c1-12-11-14(8-7-13(12)9-10-16)17-18(5,6)15(2,3)4/h9,14,16H,1,7-8,10-11H2,2-6H3/b13-9-/t14-/m1/s1. The van der Waals surface area contributed by atoms with Gasteiger partial charge in [0.15, 0.2) is 8.32 Å². The second-order valence-electron chi connectivity index (χ2n) is 6.76. The van der Waals surface area contributed by atoms with Crippen molar-refractivity contribution in [3.63, 3.8) is 0 Å². The highest BCUT2D eigenvalue weighted by molar-refractivity contribution is 6.74. The van der Waals surface area contributed by atoms with E-state index in [0.29, 0.717) is 6.10 Å². The third kappa shape index (κ3) is 3.80. The predicted octanol–water partition coefficient (Wildman–Crippen LogP) is 4.04. The van der Waals surface area contributed by atoms with Gasteiger partial charge in [-0.25, -0.2) is 0 Å². The van der Waals surface area contributed by atoms with Crippen molar-refractivity contribution in [3.8, 4) is 0 Å². The molecule has 0 spiro atoms. The summed E-state index contributed by atoms with van der Waals surface area (Å²) < 4.78 is 6.43. The second kappa shape index (κ2) is 5.72. The summed E-state index contributed by atoms with van der Waals surface area (Å²) in [6, 6.07) is 0. The third-order valence-electron chi connectivity index (χ3n) is 4.27. The number of hydrogen-bond acceptors (Lipinski definition) is 2. The van der Waals surface area contributed by atoms with Crippen molar-refractivity contribution in [1.82, 2.24) is 0 Å². The molecule has 1 rings (SSSR count). The van der Waals surface area contributed by atoms with Crippen molar-refractivity contribution < 1.29 is 9.53 Å². The van der Waals surface area contributed by atoms with E-state index >= 15 is 0 Å². The van der Waals surface area contributed by atoms with Gasteiger partial charge in [-0.2, -0.15) is 0 Å². The molecule has 0 heterocycles. The molecule has 2 nitrogen and oxygen atoms in total. The molecule has 0 aromatic rings. The molecule has 1 saturated carbocycles. The highest BCUT2D eigenvalue weighted by atomic mass is 28.4. The lowest BCUT2D eigenvalue weighted by atomic mass is 9.88. The van der Waals surface area contributed by atoms with Crippen molar-refractivity contribution in [2.75, 3.05) is 6.61 Å². The Morgan fingerprint density at radius 3 is 2.50 bits per heavy atom. The van der Waals surface area contributed by atoms with E-state index in [1.54, 1.807) is 0 Å².